The third kappa shape index (κ3) is 6.23. The highest BCUT2D eigenvalue weighted by Crippen LogP contribution is 2.27. The van der Waals surface area contributed by atoms with Crippen LogP contribution >= 0.6 is 0 Å². The van der Waals surface area contributed by atoms with Gasteiger partial charge in [-0.2, -0.15) is 0 Å². The fourth-order valence-electron chi connectivity index (χ4n) is 4.41. The van der Waals surface area contributed by atoms with Crippen LogP contribution in [-0.4, -0.2) is 25.7 Å². The lowest BCUT2D eigenvalue weighted by Crippen LogP contribution is -2.40. The van der Waals surface area contributed by atoms with E-state index in [2.05, 4.69) is 77.2 Å². The van der Waals surface area contributed by atoms with E-state index in [-0.39, 0.29) is 6.04 Å². The van der Waals surface area contributed by atoms with Crippen molar-refractivity contribution < 1.29 is 0 Å². The number of terminal acetylenes is 1. The van der Waals surface area contributed by atoms with Crippen LogP contribution in [0.1, 0.15) is 55.6 Å². The summed E-state index contributed by atoms with van der Waals surface area (Å²) in [4.78, 5) is 0. The minimum absolute atomic E-state index is 0.239. The zero-order valence-corrected chi connectivity index (χ0v) is 16.9. The first-order valence-corrected chi connectivity index (χ1v) is 10.9. The molecule has 1 atom stereocenters. The van der Waals surface area contributed by atoms with Gasteiger partial charge in [0.2, 0.25) is 0 Å². The Hall–Kier alpha value is -2.08. The maximum atomic E-state index is 5.78. The van der Waals surface area contributed by atoms with Crippen molar-refractivity contribution in [2.45, 2.75) is 50.5 Å². The highest BCUT2D eigenvalue weighted by molar-refractivity contribution is 5.32. The van der Waals surface area contributed by atoms with Gasteiger partial charge in [-0.1, -0.05) is 85.8 Å². The van der Waals surface area contributed by atoms with E-state index in [1.54, 1.807) is 0 Å². The monoisotopic (exact) mass is 374 g/mol. The Balaban J connectivity index is 1.43. The molecule has 28 heavy (non-hydrogen) atoms. The van der Waals surface area contributed by atoms with Crippen LogP contribution in [0, 0.1) is 18.3 Å². The molecule has 2 aromatic rings. The third-order valence-corrected chi connectivity index (χ3v) is 5.98. The summed E-state index contributed by atoms with van der Waals surface area (Å²) in [6, 6.07) is 21.9. The molecule has 0 radical (unpaired) electrons. The van der Waals surface area contributed by atoms with E-state index in [0.717, 1.165) is 26.1 Å². The first kappa shape index (κ1) is 20.6. The lowest BCUT2D eigenvalue weighted by Gasteiger charge is -2.27. The van der Waals surface area contributed by atoms with E-state index in [1.807, 2.05) is 0 Å². The van der Waals surface area contributed by atoms with Crippen LogP contribution in [0.3, 0.4) is 0 Å². The lowest BCUT2D eigenvalue weighted by molar-refractivity contribution is 0.306. The molecule has 0 unspecified atom stereocenters. The van der Waals surface area contributed by atoms with E-state index in [9.17, 15) is 0 Å². The number of hydrogen-bond acceptors (Lipinski definition) is 2. The molecule has 0 aromatic heterocycles. The molecule has 0 bridgehead atoms. The van der Waals surface area contributed by atoms with Crippen molar-refractivity contribution in [3.05, 3.63) is 71.8 Å². The molecule has 2 heteroatoms. The van der Waals surface area contributed by atoms with E-state index in [1.165, 1.54) is 43.2 Å². The van der Waals surface area contributed by atoms with Gasteiger partial charge in [-0.3, -0.25) is 0 Å². The average molecular weight is 375 g/mol. The van der Waals surface area contributed by atoms with Crippen molar-refractivity contribution in [1.29, 1.82) is 0 Å². The molecule has 1 saturated carbocycles. The van der Waals surface area contributed by atoms with Gasteiger partial charge in [-0.25, -0.2) is 0 Å². The summed E-state index contributed by atoms with van der Waals surface area (Å²) in [5.41, 5.74) is 2.77. The summed E-state index contributed by atoms with van der Waals surface area (Å²) in [6.45, 7) is 2.90. The number of benzene rings is 2. The van der Waals surface area contributed by atoms with Crippen LogP contribution in [0.15, 0.2) is 60.7 Å². The number of nitrogens with one attached hydrogen (secondary N) is 2. The maximum absolute atomic E-state index is 5.78. The first-order valence-electron chi connectivity index (χ1n) is 10.9. The Bertz CT molecular complexity index is 659. The molecule has 3 rings (SSSR count). The Morgan fingerprint density at radius 1 is 0.821 bits per heavy atom. The van der Waals surface area contributed by atoms with Gasteiger partial charge in [0.05, 0.1) is 6.04 Å². The van der Waals surface area contributed by atoms with E-state index < -0.39 is 0 Å². The van der Waals surface area contributed by atoms with Crippen molar-refractivity contribution in [2.75, 3.05) is 19.6 Å². The summed E-state index contributed by atoms with van der Waals surface area (Å²) in [5.74, 6) is 4.08. The largest absolute Gasteiger partial charge is 0.315 e. The smallest absolute Gasteiger partial charge is 0.0715 e. The second kappa shape index (κ2) is 11.7. The Labute approximate surface area is 171 Å². The average Bonchev–Trinajstić information content (AvgIpc) is 2.78. The normalized spacial score (nSPS) is 16.0. The van der Waals surface area contributed by atoms with E-state index >= 15 is 0 Å². The molecular formula is C26H34N2. The predicted octanol–water partition coefficient (Wildman–Crippen LogP) is 4.97. The molecule has 2 N–H and O–H groups in total. The van der Waals surface area contributed by atoms with Crippen molar-refractivity contribution in [3.63, 3.8) is 0 Å². The van der Waals surface area contributed by atoms with Crippen LogP contribution in [0.25, 0.3) is 0 Å². The molecule has 148 valence electrons. The third-order valence-electron chi connectivity index (χ3n) is 5.98. The Morgan fingerprint density at radius 3 is 2.00 bits per heavy atom. The SMILES string of the molecule is C#C[C@@H](NCCNCCC(c1ccccc1)c1ccccc1)C1CCCCC1. The summed E-state index contributed by atoms with van der Waals surface area (Å²) < 4.78 is 0. The molecule has 0 aliphatic heterocycles. The number of rotatable bonds is 10. The van der Waals surface area contributed by atoms with Crippen LogP contribution < -0.4 is 10.6 Å². The van der Waals surface area contributed by atoms with Gasteiger partial charge in [0.25, 0.3) is 0 Å². The molecule has 1 aliphatic carbocycles. The van der Waals surface area contributed by atoms with E-state index in [0.29, 0.717) is 11.8 Å². The minimum Gasteiger partial charge on any atom is -0.315 e. The highest BCUT2D eigenvalue weighted by Gasteiger charge is 2.21. The number of hydrogen-bond donors (Lipinski definition) is 2. The fourth-order valence-corrected chi connectivity index (χ4v) is 4.41. The van der Waals surface area contributed by atoms with Crippen LogP contribution in [0.2, 0.25) is 0 Å². The van der Waals surface area contributed by atoms with Gasteiger partial charge in [-0.15, -0.1) is 6.42 Å². The minimum atomic E-state index is 0.239. The van der Waals surface area contributed by atoms with Crippen LogP contribution in [0.4, 0.5) is 0 Å². The molecule has 1 aliphatic rings. The van der Waals surface area contributed by atoms with Crippen molar-refractivity contribution in [2.24, 2.45) is 5.92 Å². The summed E-state index contributed by atoms with van der Waals surface area (Å²) in [5, 5.41) is 7.20. The van der Waals surface area contributed by atoms with Crippen molar-refractivity contribution in [3.8, 4) is 12.3 Å². The Kier molecular flexibility index (Phi) is 8.62. The fraction of sp³-hybridized carbons (Fsp3) is 0.462. The summed E-state index contributed by atoms with van der Waals surface area (Å²) in [7, 11) is 0. The standard InChI is InChI=1S/C26H34N2/c1-2-26(24-16-10-5-11-17-24)28-21-20-27-19-18-25(22-12-6-3-7-13-22)23-14-8-4-9-15-23/h1,3-4,6-9,12-15,24-28H,5,10-11,16-21H2/t26-/m1/s1. The quantitative estimate of drug-likeness (QED) is 0.453. The highest BCUT2D eigenvalue weighted by atomic mass is 15.0. The molecule has 0 heterocycles. The van der Waals surface area contributed by atoms with Gasteiger partial charge in [0.1, 0.15) is 0 Å². The van der Waals surface area contributed by atoms with Gasteiger partial charge >= 0.3 is 0 Å². The molecule has 2 aromatic carbocycles. The zero-order valence-electron chi connectivity index (χ0n) is 16.9. The molecule has 0 saturated heterocycles. The van der Waals surface area contributed by atoms with Gasteiger partial charge in [0.15, 0.2) is 0 Å². The van der Waals surface area contributed by atoms with Gasteiger partial charge in [-0.05, 0) is 42.9 Å². The molecule has 1 fully saturated rings. The summed E-state index contributed by atoms with van der Waals surface area (Å²) >= 11 is 0. The van der Waals surface area contributed by atoms with Gasteiger partial charge < -0.3 is 10.6 Å². The predicted molar refractivity (Wildman–Crippen MR) is 119 cm³/mol. The summed E-state index contributed by atoms with van der Waals surface area (Å²) in [6.07, 6.45) is 13.5. The van der Waals surface area contributed by atoms with E-state index in [4.69, 9.17) is 6.42 Å². The van der Waals surface area contributed by atoms with Crippen molar-refractivity contribution in [1.82, 2.24) is 10.6 Å². The molecular weight excluding hydrogens is 340 g/mol. The second-order valence-corrected chi connectivity index (χ2v) is 7.91. The van der Waals surface area contributed by atoms with Crippen LogP contribution in [0.5, 0.6) is 0 Å². The topological polar surface area (TPSA) is 24.1 Å². The van der Waals surface area contributed by atoms with Crippen LogP contribution in [-0.2, 0) is 0 Å². The molecule has 0 spiro atoms. The maximum Gasteiger partial charge on any atom is 0.0715 e. The Morgan fingerprint density at radius 2 is 1.43 bits per heavy atom. The second-order valence-electron chi connectivity index (χ2n) is 7.91. The van der Waals surface area contributed by atoms with Gasteiger partial charge in [0, 0.05) is 19.0 Å². The molecule has 0 amide bonds. The zero-order chi connectivity index (χ0) is 19.4. The first-order chi connectivity index (χ1) is 13.9. The lowest BCUT2D eigenvalue weighted by atomic mass is 9.84. The van der Waals surface area contributed by atoms with Crippen molar-refractivity contribution >= 4 is 0 Å². The molecule has 2 nitrogen and oxygen atoms in total.